The SMILES string of the molecule is O=Cc1cnc(Sc2nc3ccccc3[nH]2)nc1. The third-order valence-corrected chi connectivity index (χ3v) is 3.12. The number of fused-ring (bicyclic) bond motifs is 1. The number of rotatable bonds is 3. The minimum atomic E-state index is 0.462. The Hall–Kier alpha value is -2.21. The molecule has 0 aliphatic carbocycles. The van der Waals surface area contributed by atoms with E-state index in [2.05, 4.69) is 19.9 Å². The molecule has 0 spiro atoms. The zero-order valence-electron chi connectivity index (χ0n) is 9.20. The van der Waals surface area contributed by atoms with Gasteiger partial charge in [0.15, 0.2) is 16.6 Å². The number of nitrogens with zero attached hydrogens (tertiary/aromatic N) is 3. The van der Waals surface area contributed by atoms with Crippen molar-refractivity contribution in [3.63, 3.8) is 0 Å². The highest BCUT2D eigenvalue weighted by molar-refractivity contribution is 7.99. The Morgan fingerprint density at radius 3 is 2.67 bits per heavy atom. The molecule has 0 amide bonds. The number of nitrogens with one attached hydrogen (secondary N) is 1. The van der Waals surface area contributed by atoms with Crippen molar-refractivity contribution in [2.45, 2.75) is 10.3 Å². The zero-order chi connectivity index (χ0) is 12.4. The second-order valence-corrected chi connectivity index (χ2v) is 4.53. The summed E-state index contributed by atoms with van der Waals surface area (Å²) in [6, 6.07) is 7.78. The van der Waals surface area contributed by atoms with E-state index in [0.717, 1.165) is 22.5 Å². The van der Waals surface area contributed by atoms with E-state index in [1.807, 2.05) is 24.3 Å². The molecule has 0 fully saturated rings. The van der Waals surface area contributed by atoms with Crippen molar-refractivity contribution in [2.24, 2.45) is 0 Å². The number of carbonyl (C=O) groups excluding carboxylic acids is 1. The van der Waals surface area contributed by atoms with Crippen molar-refractivity contribution < 1.29 is 4.79 Å². The number of para-hydroxylation sites is 2. The largest absolute Gasteiger partial charge is 0.333 e. The average Bonchev–Trinajstić information content (AvgIpc) is 2.82. The lowest BCUT2D eigenvalue weighted by atomic mass is 10.3. The van der Waals surface area contributed by atoms with Gasteiger partial charge in [-0.2, -0.15) is 0 Å². The Morgan fingerprint density at radius 1 is 1.17 bits per heavy atom. The van der Waals surface area contributed by atoms with Gasteiger partial charge < -0.3 is 4.98 Å². The monoisotopic (exact) mass is 256 g/mol. The fourth-order valence-corrected chi connectivity index (χ4v) is 2.19. The quantitative estimate of drug-likeness (QED) is 0.575. The molecule has 1 N–H and O–H groups in total. The number of aromatic amines is 1. The lowest BCUT2D eigenvalue weighted by Crippen LogP contribution is -1.89. The highest BCUT2D eigenvalue weighted by Gasteiger charge is 2.06. The van der Waals surface area contributed by atoms with Crippen LogP contribution >= 0.6 is 11.8 Å². The minimum Gasteiger partial charge on any atom is -0.333 e. The summed E-state index contributed by atoms with van der Waals surface area (Å²) in [6.45, 7) is 0. The molecular formula is C12H8N4OS. The summed E-state index contributed by atoms with van der Waals surface area (Å²) < 4.78 is 0. The van der Waals surface area contributed by atoms with Gasteiger partial charge in [0, 0.05) is 12.4 Å². The maximum Gasteiger partial charge on any atom is 0.195 e. The molecule has 0 aliphatic rings. The van der Waals surface area contributed by atoms with E-state index in [1.54, 1.807) is 0 Å². The maximum atomic E-state index is 10.5. The van der Waals surface area contributed by atoms with Gasteiger partial charge in [0.05, 0.1) is 16.6 Å². The number of H-pyrrole nitrogens is 1. The van der Waals surface area contributed by atoms with Gasteiger partial charge in [-0.25, -0.2) is 15.0 Å². The van der Waals surface area contributed by atoms with Crippen LogP contribution in [-0.4, -0.2) is 26.2 Å². The van der Waals surface area contributed by atoms with Crippen molar-refractivity contribution in [1.29, 1.82) is 0 Å². The summed E-state index contributed by atoms with van der Waals surface area (Å²) in [5.41, 5.74) is 2.35. The Morgan fingerprint density at radius 2 is 1.94 bits per heavy atom. The predicted octanol–water partition coefficient (Wildman–Crippen LogP) is 2.32. The second-order valence-electron chi connectivity index (χ2n) is 3.58. The van der Waals surface area contributed by atoms with Gasteiger partial charge in [-0.15, -0.1) is 0 Å². The van der Waals surface area contributed by atoms with Crippen LogP contribution in [0.3, 0.4) is 0 Å². The number of aldehydes is 1. The minimum absolute atomic E-state index is 0.462. The highest BCUT2D eigenvalue weighted by Crippen LogP contribution is 2.23. The standard InChI is InChI=1S/C12H8N4OS/c17-7-8-5-13-11(14-6-8)18-12-15-9-3-1-2-4-10(9)16-12/h1-7H,(H,15,16). The third-order valence-electron chi connectivity index (χ3n) is 2.34. The number of hydrogen-bond donors (Lipinski definition) is 1. The van der Waals surface area contributed by atoms with Gasteiger partial charge >= 0.3 is 0 Å². The number of hydrogen-bond acceptors (Lipinski definition) is 5. The normalized spacial score (nSPS) is 10.7. The van der Waals surface area contributed by atoms with Crippen molar-refractivity contribution in [3.05, 3.63) is 42.2 Å². The molecule has 3 rings (SSSR count). The van der Waals surface area contributed by atoms with Gasteiger partial charge in [0.25, 0.3) is 0 Å². The molecule has 18 heavy (non-hydrogen) atoms. The van der Waals surface area contributed by atoms with E-state index < -0.39 is 0 Å². The fraction of sp³-hybridized carbons (Fsp3) is 0. The molecule has 0 saturated heterocycles. The zero-order valence-corrected chi connectivity index (χ0v) is 10.0. The molecule has 0 bridgehead atoms. The van der Waals surface area contributed by atoms with Crippen LogP contribution in [0.1, 0.15) is 10.4 Å². The number of benzene rings is 1. The maximum absolute atomic E-state index is 10.5. The van der Waals surface area contributed by atoms with Crippen LogP contribution in [0.5, 0.6) is 0 Å². The summed E-state index contributed by atoms with van der Waals surface area (Å²) in [5.74, 6) is 0. The molecule has 1 aromatic carbocycles. The van der Waals surface area contributed by atoms with E-state index >= 15 is 0 Å². The molecule has 88 valence electrons. The first kappa shape index (κ1) is 10.9. The first-order valence-corrected chi connectivity index (χ1v) is 6.06. The Balaban J connectivity index is 1.88. The number of aromatic nitrogens is 4. The molecule has 2 aromatic heterocycles. The van der Waals surface area contributed by atoms with Crippen LogP contribution in [0.15, 0.2) is 47.0 Å². The van der Waals surface area contributed by atoms with E-state index in [4.69, 9.17) is 0 Å². The van der Waals surface area contributed by atoms with Crippen LogP contribution < -0.4 is 0 Å². The third kappa shape index (κ3) is 2.10. The lowest BCUT2D eigenvalue weighted by Gasteiger charge is -1.95. The van der Waals surface area contributed by atoms with E-state index in [-0.39, 0.29) is 0 Å². The molecule has 6 heteroatoms. The van der Waals surface area contributed by atoms with Crippen LogP contribution in [0.4, 0.5) is 0 Å². The Bertz CT molecular complexity index is 660. The van der Waals surface area contributed by atoms with E-state index in [1.165, 1.54) is 24.2 Å². The first-order chi connectivity index (χ1) is 8.85. The van der Waals surface area contributed by atoms with Gasteiger partial charge in [-0.05, 0) is 23.9 Å². The molecule has 0 atom stereocenters. The van der Waals surface area contributed by atoms with Crippen molar-refractivity contribution >= 4 is 29.1 Å². The average molecular weight is 256 g/mol. The molecule has 3 aromatic rings. The molecule has 0 unspecified atom stereocenters. The lowest BCUT2D eigenvalue weighted by molar-refractivity contribution is 0.112. The molecule has 0 aliphatic heterocycles. The summed E-state index contributed by atoms with van der Waals surface area (Å²) >= 11 is 1.33. The number of imidazole rings is 1. The highest BCUT2D eigenvalue weighted by atomic mass is 32.2. The van der Waals surface area contributed by atoms with Crippen LogP contribution in [0, 0.1) is 0 Å². The van der Waals surface area contributed by atoms with E-state index in [0.29, 0.717) is 10.7 Å². The van der Waals surface area contributed by atoms with Gasteiger partial charge in [0.1, 0.15) is 0 Å². The Labute approximate surface area is 107 Å². The molecular weight excluding hydrogens is 248 g/mol. The smallest absolute Gasteiger partial charge is 0.195 e. The van der Waals surface area contributed by atoms with E-state index in [9.17, 15) is 4.79 Å². The van der Waals surface area contributed by atoms with Crippen LogP contribution in [0.2, 0.25) is 0 Å². The van der Waals surface area contributed by atoms with Crippen LogP contribution in [0.25, 0.3) is 11.0 Å². The Kier molecular flexibility index (Phi) is 2.77. The van der Waals surface area contributed by atoms with Gasteiger partial charge in [-0.3, -0.25) is 4.79 Å². The summed E-state index contributed by atoms with van der Waals surface area (Å²) in [7, 11) is 0. The summed E-state index contributed by atoms with van der Waals surface area (Å²) in [4.78, 5) is 26.2. The van der Waals surface area contributed by atoms with Crippen LogP contribution in [-0.2, 0) is 0 Å². The second kappa shape index (κ2) is 4.58. The topological polar surface area (TPSA) is 71.5 Å². The van der Waals surface area contributed by atoms with Crippen molar-refractivity contribution in [1.82, 2.24) is 19.9 Å². The fourth-order valence-electron chi connectivity index (χ4n) is 1.50. The van der Waals surface area contributed by atoms with Crippen molar-refractivity contribution in [2.75, 3.05) is 0 Å². The molecule has 0 radical (unpaired) electrons. The van der Waals surface area contributed by atoms with Gasteiger partial charge in [-0.1, -0.05) is 12.1 Å². The number of carbonyl (C=O) groups is 1. The van der Waals surface area contributed by atoms with Gasteiger partial charge in [0.2, 0.25) is 0 Å². The molecule has 5 nitrogen and oxygen atoms in total. The molecule has 2 heterocycles. The summed E-state index contributed by atoms with van der Waals surface area (Å²) in [5, 5.41) is 1.29. The molecule has 0 saturated carbocycles. The first-order valence-electron chi connectivity index (χ1n) is 5.25. The predicted molar refractivity (Wildman–Crippen MR) is 67.6 cm³/mol. The van der Waals surface area contributed by atoms with Crippen molar-refractivity contribution in [3.8, 4) is 0 Å². The summed E-state index contributed by atoms with van der Waals surface area (Å²) in [6.07, 6.45) is 3.70.